The zero-order valence-electron chi connectivity index (χ0n) is 24.4. The topological polar surface area (TPSA) is 87.7 Å². The highest BCUT2D eigenvalue weighted by molar-refractivity contribution is 5.92. The first-order valence-electron chi connectivity index (χ1n) is 13.4. The van der Waals surface area contributed by atoms with Gasteiger partial charge in [0.15, 0.2) is 0 Å². The van der Waals surface area contributed by atoms with Crippen LogP contribution in [0.4, 0.5) is 4.79 Å². The zero-order chi connectivity index (χ0) is 28.6. The lowest BCUT2D eigenvalue weighted by Crippen LogP contribution is -2.57. The van der Waals surface area contributed by atoms with E-state index in [9.17, 15) is 14.4 Å². The van der Waals surface area contributed by atoms with E-state index in [1.165, 1.54) is 0 Å². The number of hydrogen-bond acceptors (Lipinski definition) is 4. The average molecular weight is 524 g/mol. The summed E-state index contributed by atoms with van der Waals surface area (Å²) in [7, 11) is 0. The summed E-state index contributed by atoms with van der Waals surface area (Å²) in [5, 5.41) is 5.82. The summed E-state index contributed by atoms with van der Waals surface area (Å²) in [6.07, 6.45) is -0.0267. The monoisotopic (exact) mass is 523 g/mol. The van der Waals surface area contributed by atoms with Gasteiger partial charge in [-0.3, -0.25) is 9.59 Å². The summed E-state index contributed by atoms with van der Waals surface area (Å²) in [6, 6.07) is 13.6. The van der Waals surface area contributed by atoms with Crippen LogP contribution in [0, 0.1) is 19.8 Å². The van der Waals surface area contributed by atoms with Gasteiger partial charge in [0.25, 0.3) is 0 Å². The van der Waals surface area contributed by atoms with Gasteiger partial charge in [0.1, 0.15) is 17.7 Å². The van der Waals surface area contributed by atoms with Gasteiger partial charge >= 0.3 is 6.09 Å². The first kappa shape index (κ1) is 30.9. The molecule has 0 radical (unpaired) electrons. The van der Waals surface area contributed by atoms with Crippen molar-refractivity contribution in [3.63, 3.8) is 0 Å². The van der Waals surface area contributed by atoms with Crippen molar-refractivity contribution in [3.05, 3.63) is 70.8 Å². The van der Waals surface area contributed by atoms with Crippen LogP contribution in [0.5, 0.6) is 0 Å². The molecule has 0 heterocycles. The Morgan fingerprint density at radius 3 is 2.03 bits per heavy atom. The normalized spacial score (nSPS) is 13.8. The molecule has 0 saturated carbocycles. The van der Waals surface area contributed by atoms with Gasteiger partial charge in [-0.2, -0.15) is 0 Å². The van der Waals surface area contributed by atoms with E-state index in [2.05, 4.69) is 10.6 Å². The second kappa shape index (κ2) is 13.4. The van der Waals surface area contributed by atoms with E-state index in [0.717, 1.165) is 22.3 Å². The molecule has 0 spiro atoms. The lowest BCUT2D eigenvalue weighted by atomic mass is 9.95. The van der Waals surface area contributed by atoms with Crippen LogP contribution in [0.15, 0.2) is 48.5 Å². The maximum absolute atomic E-state index is 14.2. The predicted molar refractivity (Wildman–Crippen MR) is 152 cm³/mol. The summed E-state index contributed by atoms with van der Waals surface area (Å²) in [5.74, 6) is -0.819. The molecule has 0 aliphatic carbocycles. The highest BCUT2D eigenvalue weighted by Gasteiger charge is 2.39. The van der Waals surface area contributed by atoms with Crippen LogP contribution >= 0.6 is 0 Å². The maximum atomic E-state index is 14.2. The summed E-state index contributed by atoms with van der Waals surface area (Å²) in [6.45, 7) is 17.3. The molecule has 0 aliphatic rings. The molecule has 3 unspecified atom stereocenters. The van der Waals surface area contributed by atoms with Crippen molar-refractivity contribution < 1.29 is 19.1 Å². The maximum Gasteiger partial charge on any atom is 0.408 e. The second-order valence-corrected chi connectivity index (χ2v) is 11.4. The van der Waals surface area contributed by atoms with E-state index in [4.69, 9.17) is 4.74 Å². The molecule has 0 bridgehead atoms. The Bertz CT molecular complexity index is 1070. The molecule has 0 aromatic heterocycles. The minimum absolute atomic E-state index is 0.228. The van der Waals surface area contributed by atoms with Gasteiger partial charge in [-0.25, -0.2) is 4.79 Å². The Balaban J connectivity index is 2.53. The lowest BCUT2D eigenvalue weighted by molar-refractivity contribution is -0.146. The Morgan fingerprint density at radius 2 is 1.53 bits per heavy atom. The van der Waals surface area contributed by atoms with Crippen molar-refractivity contribution in [1.29, 1.82) is 0 Å². The minimum Gasteiger partial charge on any atom is -0.444 e. The van der Waals surface area contributed by atoms with E-state index in [0.29, 0.717) is 13.0 Å². The number of amides is 3. The van der Waals surface area contributed by atoms with Crippen LogP contribution < -0.4 is 10.6 Å². The van der Waals surface area contributed by atoms with E-state index in [-0.39, 0.29) is 23.8 Å². The number of nitrogens with one attached hydrogen (secondary N) is 2. The predicted octanol–water partition coefficient (Wildman–Crippen LogP) is 5.84. The molecule has 0 fully saturated rings. The van der Waals surface area contributed by atoms with E-state index < -0.39 is 23.8 Å². The summed E-state index contributed by atoms with van der Waals surface area (Å²) < 4.78 is 5.45. The molecule has 2 aromatic rings. The minimum atomic E-state index is -0.874. The number of rotatable bonds is 10. The van der Waals surface area contributed by atoms with Gasteiger partial charge in [-0.1, -0.05) is 80.4 Å². The van der Waals surface area contributed by atoms with Gasteiger partial charge in [0.2, 0.25) is 11.8 Å². The largest absolute Gasteiger partial charge is 0.444 e. The number of aryl methyl sites for hydroxylation is 2. The first-order valence-corrected chi connectivity index (χ1v) is 13.4. The van der Waals surface area contributed by atoms with Crippen molar-refractivity contribution in [1.82, 2.24) is 15.5 Å². The first-order chi connectivity index (χ1) is 17.7. The van der Waals surface area contributed by atoms with Gasteiger partial charge in [-0.15, -0.1) is 0 Å². The summed E-state index contributed by atoms with van der Waals surface area (Å²) in [5.41, 5.74) is 3.01. The summed E-state index contributed by atoms with van der Waals surface area (Å²) >= 11 is 0. The smallest absolute Gasteiger partial charge is 0.408 e. The average Bonchev–Trinajstić information content (AvgIpc) is 2.82. The van der Waals surface area contributed by atoms with Gasteiger partial charge in [0.05, 0.1) is 0 Å². The molecule has 0 saturated heterocycles. The molecule has 2 N–H and O–H groups in total. The standard InChI is InChI=1S/C31H45N3O4/c1-10-23(6)34(29(36)26(20(2)3)33-30(37)38-31(7,8)9)27(25-17-21(4)16-22(5)18-25)28(35)32-19-24-14-12-11-13-15-24/h11-18,20,23,26-27H,10,19H2,1-9H3,(H,32,35)(H,33,37). The number of ether oxygens (including phenoxy) is 1. The zero-order valence-corrected chi connectivity index (χ0v) is 24.4. The molecule has 208 valence electrons. The number of carbonyl (C=O) groups excluding carboxylic acids is 3. The van der Waals surface area contributed by atoms with Gasteiger partial charge < -0.3 is 20.3 Å². The van der Waals surface area contributed by atoms with Crippen LogP contribution in [0.3, 0.4) is 0 Å². The molecule has 3 atom stereocenters. The highest BCUT2D eigenvalue weighted by atomic mass is 16.6. The quantitative estimate of drug-likeness (QED) is 0.410. The number of hydrogen-bond donors (Lipinski definition) is 2. The van der Waals surface area contributed by atoms with E-state index in [1.54, 1.807) is 25.7 Å². The van der Waals surface area contributed by atoms with E-state index in [1.807, 2.05) is 90.1 Å². The number of benzene rings is 2. The van der Waals surface area contributed by atoms with Crippen molar-refractivity contribution in [2.75, 3.05) is 0 Å². The Labute approximate surface area is 228 Å². The second-order valence-electron chi connectivity index (χ2n) is 11.4. The van der Waals surface area contributed by atoms with Crippen LogP contribution in [-0.4, -0.2) is 40.5 Å². The Morgan fingerprint density at radius 1 is 0.947 bits per heavy atom. The van der Waals surface area contributed by atoms with Crippen LogP contribution in [0.2, 0.25) is 0 Å². The molecule has 7 nitrogen and oxygen atoms in total. The molecule has 0 aliphatic heterocycles. The third-order valence-electron chi connectivity index (χ3n) is 6.32. The molecule has 2 aromatic carbocycles. The van der Waals surface area contributed by atoms with Crippen LogP contribution in [0.1, 0.15) is 83.2 Å². The van der Waals surface area contributed by atoms with Crippen molar-refractivity contribution in [2.45, 2.75) is 99.0 Å². The fourth-order valence-electron chi connectivity index (χ4n) is 4.39. The number of carbonyl (C=O) groups is 3. The van der Waals surface area contributed by atoms with Gasteiger partial charge in [-0.05, 0) is 65.0 Å². The third kappa shape index (κ3) is 8.89. The third-order valence-corrected chi connectivity index (χ3v) is 6.32. The number of nitrogens with zero attached hydrogens (tertiary/aromatic N) is 1. The van der Waals surface area contributed by atoms with Crippen molar-refractivity contribution >= 4 is 17.9 Å². The van der Waals surface area contributed by atoms with Gasteiger partial charge in [0, 0.05) is 12.6 Å². The molecule has 7 heteroatoms. The molecule has 38 heavy (non-hydrogen) atoms. The highest BCUT2D eigenvalue weighted by Crippen LogP contribution is 2.29. The van der Waals surface area contributed by atoms with Crippen LogP contribution in [0.25, 0.3) is 0 Å². The van der Waals surface area contributed by atoms with Crippen molar-refractivity contribution in [3.8, 4) is 0 Å². The van der Waals surface area contributed by atoms with Crippen LogP contribution in [-0.2, 0) is 20.9 Å². The molecular formula is C31H45N3O4. The molecule has 2 rings (SSSR count). The molecule has 3 amide bonds. The van der Waals surface area contributed by atoms with E-state index >= 15 is 0 Å². The lowest BCUT2D eigenvalue weighted by Gasteiger charge is -2.39. The Hall–Kier alpha value is -3.35. The SMILES string of the molecule is CCC(C)N(C(=O)C(NC(=O)OC(C)(C)C)C(C)C)C(C(=O)NCc1ccccc1)c1cc(C)cc(C)c1. The fraction of sp³-hybridized carbons (Fsp3) is 0.516. The fourth-order valence-corrected chi connectivity index (χ4v) is 4.39. The summed E-state index contributed by atoms with van der Waals surface area (Å²) in [4.78, 5) is 42.4. The molecular weight excluding hydrogens is 478 g/mol. The van der Waals surface area contributed by atoms with Crippen molar-refractivity contribution in [2.24, 2.45) is 5.92 Å². The number of alkyl carbamates (subject to hydrolysis) is 1. The Kier molecular flexibility index (Phi) is 10.9.